The number of hydrogen-bond acceptors (Lipinski definition) is 0. The highest BCUT2D eigenvalue weighted by Gasteiger charge is 2.28. The summed E-state index contributed by atoms with van der Waals surface area (Å²) in [6.45, 7) is 27.6. The third-order valence-corrected chi connectivity index (χ3v) is 7.84. The Morgan fingerprint density at radius 3 is 0.882 bits per heavy atom. The molecule has 0 aliphatic rings. The van der Waals surface area contributed by atoms with Crippen LogP contribution in [0.25, 0.3) is 0 Å². The largest absolute Gasteiger partial charge is 0.0579 e. The molecule has 0 aliphatic heterocycles. The van der Waals surface area contributed by atoms with Crippen LogP contribution in [0, 0.1) is 13.8 Å². The average molecular weight is 455 g/mol. The first-order chi connectivity index (χ1) is 15.5. The van der Waals surface area contributed by atoms with Gasteiger partial charge in [0.1, 0.15) is 0 Å². The molecule has 3 rings (SSSR count). The molecule has 0 nitrogen and oxygen atoms in total. The fraction of sp³-hybridized carbons (Fsp3) is 0.471. The van der Waals surface area contributed by atoms with E-state index < -0.39 is 0 Å². The van der Waals surface area contributed by atoms with Crippen LogP contribution in [0.15, 0.2) is 60.7 Å². The number of benzene rings is 3. The van der Waals surface area contributed by atoms with Crippen LogP contribution in [0.2, 0.25) is 0 Å². The molecule has 0 atom stereocenters. The van der Waals surface area contributed by atoms with Gasteiger partial charge in [-0.25, -0.2) is 0 Å². The van der Waals surface area contributed by atoms with Gasteiger partial charge in [-0.2, -0.15) is 0 Å². The van der Waals surface area contributed by atoms with E-state index in [0.29, 0.717) is 0 Å². The monoisotopic (exact) mass is 454 g/mol. The van der Waals surface area contributed by atoms with Crippen molar-refractivity contribution in [1.29, 1.82) is 0 Å². The first kappa shape index (κ1) is 26.3. The fourth-order valence-electron chi connectivity index (χ4n) is 5.42. The van der Waals surface area contributed by atoms with E-state index in [1.165, 1.54) is 44.5 Å². The van der Waals surface area contributed by atoms with Crippen molar-refractivity contribution in [3.05, 3.63) is 105 Å². The van der Waals surface area contributed by atoms with Gasteiger partial charge in [0.05, 0.1) is 0 Å². The SMILES string of the molecule is Cc1cc(C(C)(C)c2ccc(C(C)(C)c3ccc(C(C)(C)C)c(C)c3)cc2)ccc1C(C)(C)C. The molecule has 0 spiro atoms. The summed E-state index contributed by atoms with van der Waals surface area (Å²) in [6, 6.07) is 23.4. The van der Waals surface area contributed by atoms with Crippen molar-refractivity contribution in [3.63, 3.8) is 0 Å². The molecule has 0 aromatic heterocycles. The Bertz CT molecular complexity index is 1060. The van der Waals surface area contributed by atoms with Crippen LogP contribution in [0.1, 0.15) is 114 Å². The Morgan fingerprint density at radius 2 is 0.647 bits per heavy atom. The Labute approximate surface area is 209 Å². The molecule has 182 valence electrons. The highest BCUT2D eigenvalue weighted by atomic mass is 14.3. The van der Waals surface area contributed by atoms with Crippen molar-refractivity contribution in [1.82, 2.24) is 0 Å². The molecule has 0 amide bonds. The van der Waals surface area contributed by atoms with Crippen molar-refractivity contribution >= 4 is 0 Å². The summed E-state index contributed by atoms with van der Waals surface area (Å²) in [4.78, 5) is 0. The van der Waals surface area contributed by atoms with Gasteiger partial charge in [-0.3, -0.25) is 0 Å². The molecule has 0 radical (unpaired) electrons. The zero-order valence-corrected chi connectivity index (χ0v) is 23.8. The van der Waals surface area contributed by atoms with E-state index in [1.54, 1.807) is 0 Å². The van der Waals surface area contributed by atoms with Gasteiger partial charge < -0.3 is 0 Å². The highest BCUT2D eigenvalue weighted by molar-refractivity contribution is 5.47. The summed E-state index contributed by atoms with van der Waals surface area (Å²) in [5, 5.41) is 0. The quantitative estimate of drug-likeness (QED) is 0.368. The Kier molecular flexibility index (Phi) is 6.73. The molecule has 3 aromatic rings. The van der Waals surface area contributed by atoms with Crippen molar-refractivity contribution in [2.75, 3.05) is 0 Å². The van der Waals surface area contributed by atoms with Crippen molar-refractivity contribution < 1.29 is 0 Å². The van der Waals surface area contributed by atoms with Gasteiger partial charge in [0.2, 0.25) is 0 Å². The van der Waals surface area contributed by atoms with Crippen LogP contribution in [-0.2, 0) is 21.7 Å². The molecule has 0 N–H and O–H groups in total. The average Bonchev–Trinajstić information content (AvgIpc) is 2.71. The zero-order valence-electron chi connectivity index (χ0n) is 23.8. The molecule has 0 saturated heterocycles. The zero-order chi connectivity index (χ0) is 25.7. The molecule has 0 heterocycles. The van der Waals surface area contributed by atoms with Crippen LogP contribution >= 0.6 is 0 Å². The summed E-state index contributed by atoms with van der Waals surface area (Å²) in [7, 11) is 0. The summed E-state index contributed by atoms with van der Waals surface area (Å²) in [5.74, 6) is 0. The minimum atomic E-state index is -0.0468. The van der Waals surface area contributed by atoms with E-state index in [9.17, 15) is 0 Å². The van der Waals surface area contributed by atoms with Gasteiger partial charge in [0.15, 0.2) is 0 Å². The van der Waals surface area contributed by atoms with Gasteiger partial charge in [-0.05, 0) is 69.2 Å². The fourth-order valence-corrected chi connectivity index (χ4v) is 5.42. The predicted molar refractivity (Wildman–Crippen MR) is 150 cm³/mol. The Balaban J connectivity index is 1.93. The van der Waals surface area contributed by atoms with E-state index in [4.69, 9.17) is 0 Å². The molecule has 34 heavy (non-hydrogen) atoms. The minimum Gasteiger partial charge on any atom is -0.0579 e. The van der Waals surface area contributed by atoms with Gasteiger partial charge >= 0.3 is 0 Å². The molecule has 3 aromatic carbocycles. The molecular formula is C34H46. The number of hydrogen-bond donors (Lipinski definition) is 0. The van der Waals surface area contributed by atoms with Crippen LogP contribution < -0.4 is 0 Å². The lowest BCUT2D eigenvalue weighted by atomic mass is 9.73. The first-order valence-electron chi connectivity index (χ1n) is 12.8. The topological polar surface area (TPSA) is 0 Å². The summed E-state index contributed by atoms with van der Waals surface area (Å²) in [6.07, 6.45) is 0. The molecule has 0 fully saturated rings. The summed E-state index contributed by atoms with van der Waals surface area (Å²) in [5.41, 5.74) is 11.3. The second-order valence-electron chi connectivity index (χ2n) is 13.4. The predicted octanol–water partition coefficient (Wildman–Crippen LogP) is 9.55. The van der Waals surface area contributed by atoms with E-state index >= 15 is 0 Å². The van der Waals surface area contributed by atoms with Gasteiger partial charge in [0.25, 0.3) is 0 Å². The van der Waals surface area contributed by atoms with E-state index in [-0.39, 0.29) is 21.7 Å². The normalized spacial score (nSPS) is 13.3. The highest BCUT2D eigenvalue weighted by Crippen LogP contribution is 2.38. The van der Waals surface area contributed by atoms with Gasteiger partial charge in [0, 0.05) is 10.8 Å². The van der Waals surface area contributed by atoms with Crippen LogP contribution in [0.5, 0.6) is 0 Å². The molecule has 0 unspecified atom stereocenters. The maximum atomic E-state index is 2.39. The maximum absolute atomic E-state index is 2.39. The smallest absolute Gasteiger partial charge is 0.0146 e. The van der Waals surface area contributed by atoms with E-state index in [2.05, 4.69) is 144 Å². The molecule has 0 bridgehead atoms. The maximum Gasteiger partial charge on any atom is 0.0146 e. The molecule has 0 heteroatoms. The van der Waals surface area contributed by atoms with Crippen molar-refractivity contribution in [2.24, 2.45) is 0 Å². The van der Waals surface area contributed by atoms with Crippen molar-refractivity contribution in [3.8, 4) is 0 Å². The first-order valence-corrected chi connectivity index (χ1v) is 12.8. The number of rotatable bonds is 4. The van der Waals surface area contributed by atoms with Gasteiger partial charge in [-0.15, -0.1) is 0 Å². The Hall–Kier alpha value is -2.34. The molecule has 0 aliphatic carbocycles. The van der Waals surface area contributed by atoms with Crippen LogP contribution in [0.4, 0.5) is 0 Å². The minimum absolute atomic E-state index is 0.0468. The second-order valence-corrected chi connectivity index (χ2v) is 13.4. The molecule has 0 saturated carbocycles. The summed E-state index contributed by atoms with van der Waals surface area (Å²) < 4.78 is 0. The Morgan fingerprint density at radius 1 is 0.382 bits per heavy atom. The van der Waals surface area contributed by atoms with Gasteiger partial charge in [-0.1, -0.05) is 130 Å². The third kappa shape index (κ3) is 5.02. The lowest BCUT2D eigenvalue weighted by Gasteiger charge is -2.31. The third-order valence-electron chi connectivity index (χ3n) is 7.84. The van der Waals surface area contributed by atoms with Crippen LogP contribution in [-0.4, -0.2) is 0 Å². The second kappa shape index (κ2) is 8.71. The lowest BCUT2D eigenvalue weighted by Crippen LogP contribution is -2.23. The summed E-state index contributed by atoms with van der Waals surface area (Å²) >= 11 is 0. The van der Waals surface area contributed by atoms with E-state index in [1.807, 2.05) is 0 Å². The van der Waals surface area contributed by atoms with Crippen LogP contribution in [0.3, 0.4) is 0 Å². The van der Waals surface area contributed by atoms with E-state index in [0.717, 1.165) is 0 Å². The standard InChI is InChI=1S/C34H46/c1-23-21-27(17-19-29(23)31(3,4)5)33(9,10)25-13-15-26(16-14-25)34(11,12)28-18-20-30(24(2)22-28)32(6,7)8/h13-22H,1-12H3. The molecular weight excluding hydrogens is 408 g/mol. The van der Waals surface area contributed by atoms with Crippen molar-refractivity contribution in [2.45, 2.75) is 105 Å². The number of aryl methyl sites for hydroxylation is 2. The lowest BCUT2D eigenvalue weighted by molar-refractivity contribution is 0.581.